The van der Waals surface area contributed by atoms with Crippen molar-refractivity contribution in [3.8, 4) is 11.3 Å². The van der Waals surface area contributed by atoms with Crippen LogP contribution in [0.1, 0.15) is 30.2 Å². The van der Waals surface area contributed by atoms with Crippen LogP contribution in [0.25, 0.3) is 11.3 Å². The number of nitrogens with zero attached hydrogens (tertiary/aromatic N) is 5. The van der Waals surface area contributed by atoms with E-state index in [0.29, 0.717) is 5.13 Å². The molecule has 0 aliphatic carbocycles. The van der Waals surface area contributed by atoms with E-state index in [1.807, 2.05) is 18.5 Å². The molecule has 3 heterocycles. The fourth-order valence-electron chi connectivity index (χ4n) is 2.12. The Morgan fingerprint density at radius 1 is 1.32 bits per heavy atom. The first kappa shape index (κ1) is 16.8. The van der Waals surface area contributed by atoms with Gasteiger partial charge >= 0.3 is 5.97 Å². The van der Waals surface area contributed by atoms with Crippen molar-refractivity contribution in [2.75, 3.05) is 5.32 Å². The van der Waals surface area contributed by atoms with Gasteiger partial charge in [0.25, 0.3) is 5.91 Å². The summed E-state index contributed by atoms with van der Waals surface area (Å²) < 4.78 is 3.10. The third kappa shape index (κ3) is 3.58. The summed E-state index contributed by atoms with van der Waals surface area (Å²) in [6, 6.07) is -0.664. The van der Waals surface area contributed by atoms with Gasteiger partial charge in [0.1, 0.15) is 6.04 Å². The second-order valence-electron chi connectivity index (χ2n) is 5.30. The molecule has 0 bridgehead atoms. The number of thiazole rings is 1. The number of hydrogen-bond acceptors (Lipinski definition) is 6. The summed E-state index contributed by atoms with van der Waals surface area (Å²) in [7, 11) is 0. The third-order valence-electron chi connectivity index (χ3n) is 3.61. The normalized spacial score (nSPS) is 12.1. The minimum absolute atomic E-state index is 0.0316. The smallest absolute Gasteiger partial charge is 0.338 e. The summed E-state index contributed by atoms with van der Waals surface area (Å²) in [6.45, 7) is 4.40. The Kier molecular flexibility index (Phi) is 4.61. The second-order valence-corrected chi connectivity index (χ2v) is 6.16. The number of aryl methyl sites for hydroxylation is 1. The average Bonchev–Trinajstić information content (AvgIpc) is 3.33. The molecule has 0 fully saturated rings. The topological polar surface area (TPSA) is 115 Å². The summed E-state index contributed by atoms with van der Waals surface area (Å²) in [5.74, 6) is -1.42. The summed E-state index contributed by atoms with van der Waals surface area (Å²) in [6.07, 6.45) is 6.14. The predicted molar refractivity (Wildman–Crippen MR) is 91.5 cm³/mol. The lowest BCUT2D eigenvalue weighted by atomic mass is 10.3. The van der Waals surface area contributed by atoms with Crippen molar-refractivity contribution in [3.63, 3.8) is 0 Å². The summed E-state index contributed by atoms with van der Waals surface area (Å²) in [5, 5.41) is 22.1. The Balaban J connectivity index is 1.69. The molecular formula is C15H16N6O3S. The molecule has 25 heavy (non-hydrogen) atoms. The van der Waals surface area contributed by atoms with Gasteiger partial charge in [-0.1, -0.05) is 0 Å². The Labute approximate surface area is 146 Å². The van der Waals surface area contributed by atoms with Gasteiger partial charge in [-0.25, -0.2) is 9.78 Å². The van der Waals surface area contributed by atoms with Crippen molar-refractivity contribution in [1.29, 1.82) is 0 Å². The molecular weight excluding hydrogens is 344 g/mol. The van der Waals surface area contributed by atoms with Crippen LogP contribution in [0.15, 0.2) is 30.2 Å². The average molecular weight is 360 g/mol. The number of carboxylic acid groups (broad SMARTS) is 1. The van der Waals surface area contributed by atoms with Crippen LogP contribution in [0.4, 0.5) is 5.13 Å². The van der Waals surface area contributed by atoms with Gasteiger partial charge < -0.3 is 10.4 Å². The van der Waals surface area contributed by atoms with Gasteiger partial charge in [-0.2, -0.15) is 10.2 Å². The summed E-state index contributed by atoms with van der Waals surface area (Å²) in [5.41, 5.74) is 1.65. The quantitative estimate of drug-likeness (QED) is 0.696. The lowest BCUT2D eigenvalue weighted by Gasteiger charge is -2.10. The van der Waals surface area contributed by atoms with Gasteiger partial charge in [0.2, 0.25) is 0 Å². The number of carbonyl (C=O) groups is 2. The van der Waals surface area contributed by atoms with Gasteiger partial charge in [0.15, 0.2) is 5.13 Å². The van der Waals surface area contributed by atoms with Crippen LogP contribution in [0.5, 0.6) is 0 Å². The van der Waals surface area contributed by atoms with E-state index in [2.05, 4.69) is 20.5 Å². The molecule has 1 atom stereocenters. The molecule has 2 N–H and O–H groups in total. The first-order chi connectivity index (χ1) is 12.0. The van der Waals surface area contributed by atoms with E-state index >= 15 is 0 Å². The SMILES string of the molecule is CCn1cc(-c2csc(NC(=O)C(C)n3cc(C(=O)O)cn3)n2)cn1. The highest BCUT2D eigenvalue weighted by Gasteiger charge is 2.19. The Morgan fingerprint density at radius 2 is 2.12 bits per heavy atom. The van der Waals surface area contributed by atoms with Gasteiger partial charge in [-0.05, 0) is 13.8 Å². The number of hydrogen-bond donors (Lipinski definition) is 2. The van der Waals surface area contributed by atoms with Crippen LogP contribution in [0, 0.1) is 0 Å². The minimum Gasteiger partial charge on any atom is -0.478 e. The number of amides is 1. The van der Waals surface area contributed by atoms with Crippen molar-refractivity contribution in [1.82, 2.24) is 24.5 Å². The van der Waals surface area contributed by atoms with Crippen LogP contribution in [-0.2, 0) is 11.3 Å². The Hall–Kier alpha value is -3.01. The highest BCUT2D eigenvalue weighted by molar-refractivity contribution is 7.14. The van der Waals surface area contributed by atoms with Crippen LogP contribution in [0.2, 0.25) is 0 Å². The number of carboxylic acids is 1. The lowest BCUT2D eigenvalue weighted by molar-refractivity contribution is -0.119. The number of aromatic nitrogens is 5. The van der Waals surface area contributed by atoms with E-state index in [1.54, 1.807) is 17.8 Å². The van der Waals surface area contributed by atoms with Crippen LogP contribution >= 0.6 is 11.3 Å². The molecule has 3 aromatic heterocycles. The Bertz CT molecular complexity index is 912. The molecule has 9 nitrogen and oxygen atoms in total. The number of rotatable bonds is 6. The largest absolute Gasteiger partial charge is 0.478 e. The zero-order valence-corrected chi connectivity index (χ0v) is 14.4. The molecule has 3 rings (SSSR count). The van der Waals surface area contributed by atoms with Crippen LogP contribution in [0.3, 0.4) is 0 Å². The van der Waals surface area contributed by atoms with Crippen molar-refractivity contribution < 1.29 is 14.7 Å². The molecule has 0 aliphatic rings. The molecule has 0 radical (unpaired) electrons. The minimum atomic E-state index is -1.09. The summed E-state index contributed by atoms with van der Waals surface area (Å²) >= 11 is 1.31. The van der Waals surface area contributed by atoms with E-state index in [9.17, 15) is 9.59 Å². The van der Waals surface area contributed by atoms with Crippen molar-refractivity contribution in [2.24, 2.45) is 0 Å². The summed E-state index contributed by atoms with van der Waals surface area (Å²) in [4.78, 5) is 27.6. The van der Waals surface area contributed by atoms with E-state index in [-0.39, 0.29) is 11.5 Å². The number of nitrogens with one attached hydrogen (secondary N) is 1. The zero-order chi connectivity index (χ0) is 18.0. The van der Waals surface area contributed by atoms with E-state index in [1.165, 1.54) is 28.4 Å². The molecule has 0 aliphatic heterocycles. The molecule has 1 amide bonds. The monoisotopic (exact) mass is 360 g/mol. The molecule has 0 saturated carbocycles. The first-order valence-electron chi connectivity index (χ1n) is 7.54. The lowest BCUT2D eigenvalue weighted by Crippen LogP contribution is -2.24. The fourth-order valence-corrected chi connectivity index (χ4v) is 2.85. The van der Waals surface area contributed by atoms with E-state index in [0.717, 1.165) is 17.8 Å². The maximum absolute atomic E-state index is 12.3. The molecule has 0 saturated heterocycles. The van der Waals surface area contributed by atoms with Gasteiger partial charge in [-0.15, -0.1) is 11.3 Å². The highest BCUT2D eigenvalue weighted by atomic mass is 32.1. The standard InChI is InChI=1S/C15H16N6O3S/c1-3-20-6-10(4-16-20)12-8-25-15(18-12)19-13(22)9(2)21-7-11(5-17-21)14(23)24/h4-9H,3H2,1-2H3,(H,23,24)(H,18,19,22). The van der Waals surface area contributed by atoms with Gasteiger partial charge in [-0.3, -0.25) is 14.2 Å². The second kappa shape index (κ2) is 6.85. The van der Waals surface area contributed by atoms with Gasteiger partial charge in [0.05, 0.1) is 23.7 Å². The molecule has 1 unspecified atom stereocenters. The zero-order valence-electron chi connectivity index (χ0n) is 13.6. The van der Waals surface area contributed by atoms with Crippen molar-refractivity contribution in [2.45, 2.75) is 26.4 Å². The molecule has 0 spiro atoms. The van der Waals surface area contributed by atoms with E-state index in [4.69, 9.17) is 5.11 Å². The van der Waals surface area contributed by atoms with Crippen LogP contribution in [-0.4, -0.2) is 41.5 Å². The van der Waals surface area contributed by atoms with Crippen molar-refractivity contribution in [3.05, 3.63) is 35.7 Å². The predicted octanol–water partition coefficient (Wildman–Crippen LogP) is 2.12. The first-order valence-corrected chi connectivity index (χ1v) is 8.42. The maximum atomic E-state index is 12.3. The van der Waals surface area contributed by atoms with Gasteiger partial charge in [0, 0.05) is 29.9 Å². The van der Waals surface area contributed by atoms with E-state index < -0.39 is 12.0 Å². The maximum Gasteiger partial charge on any atom is 0.338 e. The number of carbonyl (C=O) groups excluding carboxylic acids is 1. The number of anilines is 1. The highest BCUT2D eigenvalue weighted by Crippen LogP contribution is 2.25. The molecule has 130 valence electrons. The fraction of sp³-hybridized carbons (Fsp3) is 0.267. The molecule has 3 aromatic rings. The van der Waals surface area contributed by atoms with Crippen molar-refractivity contribution >= 4 is 28.3 Å². The Morgan fingerprint density at radius 3 is 2.76 bits per heavy atom. The molecule has 0 aromatic carbocycles. The third-order valence-corrected chi connectivity index (χ3v) is 4.37. The molecule has 10 heteroatoms. The van der Waals surface area contributed by atoms with Crippen LogP contribution < -0.4 is 5.32 Å². The number of aromatic carboxylic acids is 1.